The van der Waals surface area contributed by atoms with Gasteiger partial charge in [-0.15, -0.1) is 0 Å². The van der Waals surface area contributed by atoms with Gasteiger partial charge in [-0.3, -0.25) is 9.36 Å². The number of rotatable bonds is 7. The molecule has 3 rings (SSSR count). The topological polar surface area (TPSA) is 64.4 Å². The Morgan fingerprint density at radius 3 is 2.92 bits per heavy atom. The average molecular weight is 327 g/mol. The highest BCUT2D eigenvalue weighted by atomic mass is 16.5. The van der Waals surface area contributed by atoms with Crippen molar-refractivity contribution in [1.82, 2.24) is 14.5 Å². The van der Waals surface area contributed by atoms with Crippen molar-refractivity contribution in [2.75, 3.05) is 6.61 Å². The number of aromatic nitrogens is 2. The van der Waals surface area contributed by atoms with Crippen LogP contribution in [0.15, 0.2) is 47.5 Å². The number of benzene rings is 1. The average Bonchev–Trinajstić information content (AvgIpc) is 3.40. The molecule has 1 aromatic heterocycles. The maximum absolute atomic E-state index is 12.7. The van der Waals surface area contributed by atoms with Gasteiger partial charge in [0.2, 0.25) is 5.91 Å². The molecule has 0 bridgehead atoms. The van der Waals surface area contributed by atoms with Crippen molar-refractivity contribution in [1.29, 1.82) is 0 Å². The van der Waals surface area contributed by atoms with Crippen molar-refractivity contribution < 1.29 is 9.53 Å². The van der Waals surface area contributed by atoms with Gasteiger partial charge < -0.3 is 9.64 Å². The molecule has 1 saturated carbocycles. The number of ether oxygens (including phenoxy) is 1. The third kappa shape index (κ3) is 4.01. The van der Waals surface area contributed by atoms with Gasteiger partial charge in [-0.25, -0.2) is 9.78 Å². The van der Waals surface area contributed by atoms with Gasteiger partial charge in [0.15, 0.2) is 0 Å². The molecule has 1 heterocycles. The van der Waals surface area contributed by atoms with Gasteiger partial charge in [-0.05, 0) is 43.5 Å². The summed E-state index contributed by atoms with van der Waals surface area (Å²) in [7, 11) is 0. The number of nitrogens with zero attached hydrogens (tertiary/aromatic N) is 3. The Hall–Kier alpha value is -2.63. The molecular formula is C18H21N3O3. The quantitative estimate of drug-likeness (QED) is 0.778. The first-order valence-corrected chi connectivity index (χ1v) is 8.20. The van der Waals surface area contributed by atoms with Crippen LogP contribution in [0.4, 0.5) is 0 Å². The van der Waals surface area contributed by atoms with E-state index >= 15 is 0 Å². The maximum atomic E-state index is 12.7. The molecule has 0 N–H and O–H groups in total. The zero-order chi connectivity index (χ0) is 16.9. The summed E-state index contributed by atoms with van der Waals surface area (Å²) in [6.45, 7) is 3.10. The number of amides is 1. The minimum Gasteiger partial charge on any atom is -0.494 e. The summed E-state index contributed by atoms with van der Waals surface area (Å²) >= 11 is 0. The van der Waals surface area contributed by atoms with Crippen LogP contribution in [0.25, 0.3) is 0 Å². The van der Waals surface area contributed by atoms with Crippen LogP contribution in [0, 0.1) is 0 Å². The summed E-state index contributed by atoms with van der Waals surface area (Å²) in [5.74, 6) is 0.746. The highest BCUT2D eigenvalue weighted by Gasteiger charge is 2.32. The number of hydrogen-bond donors (Lipinski definition) is 0. The van der Waals surface area contributed by atoms with E-state index in [-0.39, 0.29) is 18.5 Å². The van der Waals surface area contributed by atoms with Gasteiger partial charge in [-0.2, -0.15) is 0 Å². The Kier molecular flexibility index (Phi) is 4.93. The van der Waals surface area contributed by atoms with Gasteiger partial charge in [0.25, 0.3) is 0 Å². The lowest BCUT2D eigenvalue weighted by atomic mass is 10.2. The lowest BCUT2D eigenvalue weighted by molar-refractivity contribution is -0.133. The minimum atomic E-state index is -0.403. The predicted molar refractivity (Wildman–Crippen MR) is 89.7 cm³/mol. The summed E-state index contributed by atoms with van der Waals surface area (Å²) in [5, 5.41) is 0. The summed E-state index contributed by atoms with van der Waals surface area (Å²) in [5.41, 5.74) is 0.625. The summed E-state index contributed by atoms with van der Waals surface area (Å²) in [4.78, 5) is 29.9. The van der Waals surface area contributed by atoms with E-state index in [0.717, 1.165) is 24.2 Å². The maximum Gasteiger partial charge on any atom is 0.347 e. The molecule has 0 saturated heterocycles. The van der Waals surface area contributed by atoms with Crippen LogP contribution in [-0.2, 0) is 17.9 Å². The van der Waals surface area contributed by atoms with Gasteiger partial charge in [-0.1, -0.05) is 12.1 Å². The van der Waals surface area contributed by atoms with Gasteiger partial charge >= 0.3 is 5.69 Å². The first-order valence-electron chi connectivity index (χ1n) is 8.20. The standard InChI is InChI=1S/C18H21N3O3/c1-2-24-16-6-3-5-14(11-16)12-21(15-7-8-15)17(22)13-20-10-4-9-19-18(20)23/h3-6,9-11,15H,2,7-8,12-13H2,1H3. The molecule has 0 radical (unpaired) electrons. The molecule has 24 heavy (non-hydrogen) atoms. The van der Waals surface area contributed by atoms with E-state index in [0.29, 0.717) is 13.2 Å². The Bertz CT molecular complexity index is 768. The van der Waals surface area contributed by atoms with E-state index in [9.17, 15) is 9.59 Å². The zero-order valence-electron chi connectivity index (χ0n) is 13.7. The normalized spacial score (nSPS) is 13.5. The van der Waals surface area contributed by atoms with E-state index < -0.39 is 5.69 Å². The van der Waals surface area contributed by atoms with Crippen LogP contribution < -0.4 is 10.4 Å². The van der Waals surface area contributed by atoms with Crippen molar-refractivity contribution in [3.05, 3.63) is 58.8 Å². The van der Waals surface area contributed by atoms with Crippen LogP contribution in [0.5, 0.6) is 5.75 Å². The predicted octanol–water partition coefficient (Wildman–Crippen LogP) is 1.83. The SMILES string of the molecule is CCOc1cccc(CN(C(=O)Cn2cccnc2=O)C2CC2)c1. The van der Waals surface area contributed by atoms with E-state index in [4.69, 9.17) is 4.74 Å². The van der Waals surface area contributed by atoms with E-state index in [1.54, 1.807) is 12.3 Å². The van der Waals surface area contributed by atoms with E-state index in [1.165, 1.54) is 10.8 Å². The molecule has 1 aromatic carbocycles. The molecule has 1 amide bonds. The zero-order valence-corrected chi connectivity index (χ0v) is 13.7. The highest BCUT2D eigenvalue weighted by molar-refractivity contribution is 5.76. The van der Waals surface area contributed by atoms with Crippen LogP contribution in [0.3, 0.4) is 0 Å². The Morgan fingerprint density at radius 1 is 1.38 bits per heavy atom. The summed E-state index contributed by atoms with van der Waals surface area (Å²) in [6.07, 6.45) is 5.05. The van der Waals surface area contributed by atoms with Crippen molar-refractivity contribution >= 4 is 5.91 Å². The second kappa shape index (κ2) is 7.29. The molecule has 6 heteroatoms. The van der Waals surface area contributed by atoms with Crippen molar-refractivity contribution in [3.63, 3.8) is 0 Å². The number of hydrogen-bond acceptors (Lipinski definition) is 4. The summed E-state index contributed by atoms with van der Waals surface area (Å²) < 4.78 is 6.86. The van der Waals surface area contributed by atoms with Crippen molar-refractivity contribution in [3.8, 4) is 5.75 Å². The molecule has 0 atom stereocenters. The van der Waals surface area contributed by atoms with Crippen LogP contribution in [0.1, 0.15) is 25.3 Å². The molecule has 0 unspecified atom stereocenters. The molecule has 1 aliphatic carbocycles. The molecule has 2 aromatic rings. The second-order valence-corrected chi connectivity index (χ2v) is 5.86. The first-order chi connectivity index (χ1) is 11.7. The van der Waals surface area contributed by atoms with Gasteiger partial charge in [0, 0.05) is 25.0 Å². The first kappa shape index (κ1) is 16.2. The lowest BCUT2D eigenvalue weighted by Crippen LogP contribution is -2.37. The molecule has 1 fully saturated rings. The van der Waals surface area contributed by atoms with Gasteiger partial charge in [0.1, 0.15) is 12.3 Å². The Labute approximate surface area is 140 Å². The molecule has 0 aliphatic heterocycles. The second-order valence-electron chi connectivity index (χ2n) is 5.86. The number of carbonyl (C=O) groups excluding carboxylic acids is 1. The fourth-order valence-corrected chi connectivity index (χ4v) is 2.65. The third-order valence-corrected chi connectivity index (χ3v) is 3.96. The molecule has 1 aliphatic rings. The highest BCUT2D eigenvalue weighted by Crippen LogP contribution is 2.29. The van der Waals surface area contributed by atoms with E-state index in [2.05, 4.69) is 4.98 Å². The molecule has 126 valence electrons. The van der Waals surface area contributed by atoms with Crippen LogP contribution in [-0.4, -0.2) is 33.0 Å². The van der Waals surface area contributed by atoms with Crippen molar-refractivity contribution in [2.45, 2.75) is 38.9 Å². The Morgan fingerprint density at radius 2 is 2.21 bits per heavy atom. The third-order valence-electron chi connectivity index (χ3n) is 3.96. The lowest BCUT2D eigenvalue weighted by Gasteiger charge is -2.23. The minimum absolute atomic E-state index is 0.0221. The van der Waals surface area contributed by atoms with Crippen LogP contribution >= 0.6 is 0 Å². The Balaban J connectivity index is 1.73. The van der Waals surface area contributed by atoms with Crippen molar-refractivity contribution in [2.24, 2.45) is 0 Å². The van der Waals surface area contributed by atoms with E-state index in [1.807, 2.05) is 36.1 Å². The fraction of sp³-hybridized carbons (Fsp3) is 0.389. The van der Waals surface area contributed by atoms with Crippen LogP contribution in [0.2, 0.25) is 0 Å². The number of carbonyl (C=O) groups is 1. The molecule has 6 nitrogen and oxygen atoms in total. The summed E-state index contributed by atoms with van der Waals surface area (Å²) in [6, 6.07) is 9.71. The molecular weight excluding hydrogens is 306 g/mol. The smallest absolute Gasteiger partial charge is 0.347 e. The molecule has 0 spiro atoms. The van der Waals surface area contributed by atoms with Gasteiger partial charge in [0.05, 0.1) is 6.61 Å². The largest absolute Gasteiger partial charge is 0.494 e. The fourth-order valence-electron chi connectivity index (χ4n) is 2.65. The monoisotopic (exact) mass is 327 g/mol.